The summed E-state index contributed by atoms with van der Waals surface area (Å²) in [7, 11) is -4.03. The van der Waals surface area contributed by atoms with Gasteiger partial charge in [-0.3, -0.25) is 0 Å². The third-order valence-corrected chi connectivity index (χ3v) is 6.50. The van der Waals surface area contributed by atoms with Crippen molar-refractivity contribution in [1.82, 2.24) is 9.97 Å². The Hall–Kier alpha value is -4.42. The van der Waals surface area contributed by atoms with Crippen LogP contribution < -0.4 is 15.2 Å². The number of sulfonamides is 1. The number of anilines is 2. The summed E-state index contributed by atoms with van der Waals surface area (Å²) in [4.78, 5) is 8.74. The van der Waals surface area contributed by atoms with E-state index in [1.807, 2.05) is 24.3 Å². The summed E-state index contributed by atoms with van der Waals surface area (Å²) in [5.41, 5.74) is 8.70. The molecule has 0 saturated carbocycles. The van der Waals surface area contributed by atoms with E-state index in [1.165, 1.54) is 12.1 Å². The van der Waals surface area contributed by atoms with Crippen LogP contribution in [0.1, 0.15) is 30.9 Å². The second-order valence-electron chi connectivity index (χ2n) is 8.04. The van der Waals surface area contributed by atoms with Crippen LogP contribution >= 0.6 is 0 Å². The number of nitrogens with one attached hydrogen (secondary N) is 1. The molecule has 3 N–H and O–H groups in total. The fraction of sp³-hybridized carbons (Fsp3) is 0.115. The lowest BCUT2D eigenvalue weighted by Crippen LogP contribution is -2.16. The lowest BCUT2D eigenvalue weighted by molar-refractivity contribution is 0.461. The molecule has 0 aliphatic rings. The maximum atomic E-state index is 13.0. The topological polar surface area (TPSA) is 131 Å². The van der Waals surface area contributed by atoms with E-state index >= 15 is 0 Å². The minimum absolute atomic E-state index is 0.0219. The van der Waals surface area contributed by atoms with Gasteiger partial charge in [-0.15, -0.1) is 0 Å². The molecule has 4 aromatic rings. The number of nitrogens with zero attached hydrogens (tertiary/aromatic N) is 3. The third-order valence-electron chi connectivity index (χ3n) is 5.18. The Kier molecular flexibility index (Phi) is 6.66. The second kappa shape index (κ2) is 9.83. The number of benzene rings is 3. The number of nitrogens with two attached hydrogens (primary N) is 1. The zero-order valence-corrected chi connectivity index (χ0v) is 20.0. The SMILES string of the molecule is CC(C)c1ccccc1-c1cc(Oc2ccccc2C#N)nc(NS(=O)(=O)c2cccc(N)c2)n1. The number of hydrogen-bond acceptors (Lipinski definition) is 7. The molecule has 1 heterocycles. The van der Waals surface area contributed by atoms with Gasteiger partial charge in [-0.05, 0) is 41.8 Å². The smallest absolute Gasteiger partial charge is 0.264 e. The number of para-hydroxylation sites is 1. The van der Waals surface area contributed by atoms with Crippen LogP contribution in [0.15, 0.2) is 83.8 Å². The Morgan fingerprint density at radius 1 is 0.971 bits per heavy atom. The van der Waals surface area contributed by atoms with E-state index in [2.05, 4.69) is 34.6 Å². The van der Waals surface area contributed by atoms with Crippen molar-refractivity contribution in [2.24, 2.45) is 0 Å². The third kappa shape index (κ3) is 5.39. The number of ether oxygens (including phenoxy) is 1. The standard InChI is InChI=1S/C26H23N5O3S/c1-17(2)21-11-4-5-12-22(21)23-15-25(34-24-13-6-3-8-18(24)16-27)30-26(29-23)31-35(32,33)20-10-7-9-19(28)14-20/h3-15,17H,28H2,1-2H3,(H,29,30,31). The van der Waals surface area contributed by atoms with Crippen molar-refractivity contribution in [2.45, 2.75) is 24.7 Å². The van der Waals surface area contributed by atoms with Crippen LogP contribution in [0.25, 0.3) is 11.3 Å². The maximum absolute atomic E-state index is 13.0. The molecule has 3 aromatic carbocycles. The van der Waals surface area contributed by atoms with E-state index in [1.54, 1.807) is 42.5 Å². The van der Waals surface area contributed by atoms with Crippen LogP contribution in [-0.4, -0.2) is 18.4 Å². The van der Waals surface area contributed by atoms with Gasteiger partial charge < -0.3 is 10.5 Å². The van der Waals surface area contributed by atoms with E-state index in [9.17, 15) is 13.7 Å². The van der Waals surface area contributed by atoms with Gasteiger partial charge in [-0.1, -0.05) is 56.3 Å². The molecule has 4 rings (SSSR count). The van der Waals surface area contributed by atoms with Crippen molar-refractivity contribution in [3.63, 3.8) is 0 Å². The molecule has 35 heavy (non-hydrogen) atoms. The van der Waals surface area contributed by atoms with Gasteiger partial charge in [0, 0.05) is 17.3 Å². The quantitative estimate of drug-likeness (QED) is 0.339. The molecular weight excluding hydrogens is 462 g/mol. The molecule has 0 saturated heterocycles. The highest BCUT2D eigenvalue weighted by molar-refractivity contribution is 7.92. The fourth-order valence-electron chi connectivity index (χ4n) is 3.52. The Bertz CT molecular complexity index is 1530. The summed E-state index contributed by atoms with van der Waals surface area (Å²) < 4.78 is 34.4. The van der Waals surface area contributed by atoms with Crippen molar-refractivity contribution in [1.29, 1.82) is 5.26 Å². The van der Waals surface area contributed by atoms with Gasteiger partial charge in [0.05, 0.1) is 16.2 Å². The highest BCUT2D eigenvalue weighted by Gasteiger charge is 2.19. The molecule has 0 aliphatic heterocycles. The van der Waals surface area contributed by atoms with Crippen molar-refractivity contribution in [3.8, 4) is 29.0 Å². The van der Waals surface area contributed by atoms with E-state index in [0.29, 0.717) is 22.7 Å². The van der Waals surface area contributed by atoms with Crippen LogP contribution in [0, 0.1) is 11.3 Å². The maximum Gasteiger partial charge on any atom is 0.264 e. The summed E-state index contributed by atoms with van der Waals surface area (Å²) in [5, 5.41) is 9.42. The first-order chi connectivity index (χ1) is 16.8. The number of aromatic nitrogens is 2. The Labute approximate surface area is 204 Å². The van der Waals surface area contributed by atoms with Gasteiger partial charge in [-0.25, -0.2) is 18.1 Å². The first-order valence-electron chi connectivity index (χ1n) is 10.8. The lowest BCUT2D eigenvalue weighted by atomic mass is 9.95. The minimum Gasteiger partial charge on any atom is -0.437 e. The summed E-state index contributed by atoms with van der Waals surface area (Å²) in [5.74, 6) is 0.396. The second-order valence-corrected chi connectivity index (χ2v) is 9.73. The van der Waals surface area contributed by atoms with E-state index in [0.717, 1.165) is 11.1 Å². The van der Waals surface area contributed by atoms with Gasteiger partial charge in [0.2, 0.25) is 11.8 Å². The number of nitrogen functional groups attached to an aromatic ring is 1. The zero-order valence-electron chi connectivity index (χ0n) is 19.1. The van der Waals surface area contributed by atoms with Gasteiger partial charge in [0.15, 0.2) is 0 Å². The largest absolute Gasteiger partial charge is 0.437 e. The van der Waals surface area contributed by atoms with Gasteiger partial charge >= 0.3 is 0 Å². The predicted octanol–water partition coefficient (Wildman–Crippen LogP) is 5.31. The molecule has 0 aliphatic carbocycles. The molecule has 9 heteroatoms. The number of hydrogen-bond donors (Lipinski definition) is 2. The molecular formula is C26H23N5O3S. The predicted molar refractivity (Wildman–Crippen MR) is 134 cm³/mol. The molecule has 1 aromatic heterocycles. The summed E-state index contributed by atoms with van der Waals surface area (Å²) in [6.45, 7) is 4.12. The molecule has 0 atom stereocenters. The molecule has 0 amide bonds. The average Bonchev–Trinajstić information content (AvgIpc) is 2.84. The molecule has 0 spiro atoms. The summed E-state index contributed by atoms with van der Waals surface area (Å²) in [6, 6.07) is 24.0. The first-order valence-corrected chi connectivity index (χ1v) is 12.3. The van der Waals surface area contributed by atoms with E-state index in [4.69, 9.17) is 10.5 Å². The van der Waals surface area contributed by atoms with Crippen molar-refractivity contribution >= 4 is 21.7 Å². The van der Waals surface area contributed by atoms with Gasteiger partial charge in [0.25, 0.3) is 10.0 Å². The van der Waals surface area contributed by atoms with Crippen LogP contribution in [0.5, 0.6) is 11.6 Å². The molecule has 0 unspecified atom stereocenters. The summed E-state index contributed by atoms with van der Waals surface area (Å²) in [6.07, 6.45) is 0. The van der Waals surface area contributed by atoms with Crippen molar-refractivity contribution < 1.29 is 13.2 Å². The molecule has 176 valence electrons. The van der Waals surface area contributed by atoms with Gasteiger partial charge in [-0.2, -0.15) is 10.2 Å². The Morgan fingerprint density at radius 2 is 1.71 bits per heavy atom. The highest BCUT2D eigenvalue weighted by Crippen LogP contribution is 2.32. The monoisotopic (exact) mass is 485 g/mol. The van der Waals surface area contributed by atoms with E-state index in [-0.39, 0.29) is 22.6 Å². The highest BCUT2D eigenvalue weighted by atomic mass is 32.2. The Morgan fingerprint density at radius 3 is 2.46 bits per heavy atom. The van der Waals surface area contributed by atoms with Crippen LogP contribution in [0.3, 0.4) is 0 Å². The Balaban J connectivity index is 1.83. The van der Waals surface area contributed by atoms with Crippen LogP contribution in [0.2, 0.25) is 0 Å². The van der Waals surface area contributed by atoms with E-state index < -0.39 is 10.0 Å². The first kappa shape index (κ1) is 23.7. The normalized spacial score (nSPS) is 11.1. The van der Waals surface area contributed by atoms with Crippen LogP contribution in [0.4, 0.5) is 11.6 Å². The van der Waals surface area contributed by atoms with Crippen LogP contribution in [-0.2, 0) is 10.0 Å². The molecule has 0 radical (unpaired) electrons. The molecule has 8 nitrogen and oxygen atoms in total. The molecule has 0 fully saturated rings. The number of nitriles is 1. The minimum atomic E-state index is -4.03. The molecule has 0 bridgehead atoms. The zero-order chi connectivity index (χ0) is 25.0. The van der Waals surface area contributed by atoms with Crippen molar-refractivity contribution in [3.05, 3.63) is 90.0 Å². The summed E-state index contributed by atoms with van der Waals surface area (Å²) >= 11 is 0. The van der Waals surface area contributed by atoms with Gasteiger partial charge in [0.1, 0.15) is 11.8 Å². The van der Waals surface area contributed by atoms with Crippen molar-refractivity contribution in [2.75, 3.05) is 10.5 Å². The fourth-order valence-corrected chi connectivity index (χ4v) is 4.51. The lowest BCUT2D eigenvalue weighted by Gasteiger charge is -2.15. The average molecular weight is 486 g/mol. The number of rotatable bonds is 7.